The van der Waals surface area contributed by atoms with Crippen LogP contribution in [0.5, 0.6) is 0 Å². The number of hydrogen-bond acceptors (Lipinski definition) is 4. The predicted octanol–water partition coefficient (Wildman–Crippen LogP) is -0.0229. The first-order chi connectivity index (χ1) is 7.75. The molecule has 0 aliphatic carbocycles. The van der Waals surface area contributed by atoms with Crippen LogP contribution in [0.2, 0.25) is 0 Å². The minimum absolute atomic E-state index is 0.157. The molecule has 0 aromatic heterocycles. The summed E-state index contributed by atoms with van der Waals surface area (Å²) in [5.41, 5.74) is 0. The Hall–Kier alpha value is -0.750. The summed E-state index contributed by atoms with van der Waals surface area (Å²) >= 11 is 1.98. The van der Waals surface area contributed by atoms with Crippen LogP contribution in [0, 0.1) is 0 Å². The van der Waals surface area contributed by atoms with E-state index in [4.69, 9.17) is 0 Å². The van der Waals surface area contributed by atoms with Crippen molar-refractivity contribution < 1.29 is 9.59 Å². The van der Waals surface area contributed by atoms with E-state index in [0.29, 0.717) is 13.0 Å². The van der Waals surface area contributed by atoms with Crippen LogP contribution in [-0.4, -0.2) is 66.0 Å². The zero-order valence-electron chi connectivity index (χ0n) is 9.28. The average molecular weight is 243 g/mol. The molecule has 0 unspecified atom stereocenters. The second-order valence-corrected chi connectivity index (χ2v) is 5.27. The van der Waals surface area contributed by atoms with Crippen molar-refractivity contribution in [3.63, 3.8) is 0 Å². The Labute approximate surface area is 99.5 Å². The lowest BCUT2D eigenvalue weighted by Gasteiger charge is -2.31. The lowest BCUT2D eigenvalue weighted by molar-refractivity contribution is -0.121. The minimum Gasteiger partial charge on any atom is -0.323 e. The molecule has 0 saturated carbocycles. The van der Waals surface area contributed by atoms with Crippen LogP contribution >= 0.6 is 11.8 Å². The molecule has 3 amide bonds. The summed E-state index contributed by atoms with van der Waals surface area (Å²) in [5.74, 6) is 2.21. The van der Waals surface area contributed by atoms with Crippen LogP contribution in [0.3, 0.4) is 0 Å². The number of carbonyl (C=O) groups is 2. The molecule has 0 atom stereocenters. The lowest BCUT2D eigenvalue weighted by atomic mass is 10.3. The fourth-order valence-corrected chi connectivity index (χ4v) is 2.88. The molecule has 2 aliphatic heterocycles. The molecule has 1 N–H and O–H groups in total. The van der Waals surface area contributed by atoms with E-state index in [0.717, 1.165) is 26.2 Å². The van der Waals surface area contributed by atoms with Crippen LogP contribution in [-0.2, 0) is 4.79 Å². The maximum atomic E-state index is 11.4. The van der Waals surface area contributed by atoms with Gasteiger partial charge in [0.2, 0.25) is 5.91 Å². The molecule has 2 heterocycles. The first-order valence-electron chi connectivity index (χ1n) is 5.64. The number of urea groups is 1. The maximum absolute atomic E-state index is 11.4. The van der Waals surface area contributed by atoms with Crippen LogP contribution in [0.25, 0.3) is 0 Å². The van der Waals surface area contributed by atoms with Gasteiger partial charge in [0.05, 0.1) is 0 Å². The topological polar surface area (TPSA) is 52.7 Å². The second-order valence-electron chi connectivity index (χ2n) is 4.04. The maximum Gasteiger partial charge on any atom is 0.324 e. The normalized spacial score (nSPS) is 23.4. The summed E-state index contributed by atoms with van der Waals surface area (Å²) in [5, 5.41) is 2.34. The average Bonchev–Trinajstić information content (AvgIpc) is 2.29. The smallest absolute Gasteiger partial charge is 0.323 e. The van der Waals surface area contributed by atoms with Crippen LogP contribution in [0.4, 0.5) is 4.79 Å². The number of rotatable bonds is 3. The Kier molecular flexibility index (Phi) is 4.06. The van der Waals surface area contributed by atoms with Crippen molar-refractivity contribution in [2.24, 2.45) is 0 Å². The molecule has 16 heavy (non-hydrogen) atoms. The van der Waals surface area contributed by atoms with Gasteiger partial charge in [-0.15, -0.1) is 0 Å². The predicted molar refractivity (Wildman–Crippen MR) is 63.5 cm³/mol. The Balaban J connectivity index is 1.72. The number of nitrogens with zero attached hydrogens (tertiary/aromatic N) is 2. The number of hydrogen-bond donors (Lipinski definition) is 1. The Morgan fingerprint density at radius 1 is 1.12 bits per heavy atom. The van der Waals surface area contributed by atoms with Crippen molar-refractivity contribution in [1.29, 1.82) is 0 Å². The highest BCUT2D eigenvalue weighted by Gasteiger charge is 2.23. The quantitative estimate of drug-likeness (QED) is 0.757. The SMILES string of the molecule is O=C1CCN(CCN2CCSCC2)C(=O)N1. The molecule has 2 rings (SSSR count). The van der Waals surface area contributed by atoms with E-state index in [1.807, 2.05) is 11.8 Å². The fraction of sp³-hybridized carbons (Fsp3) is 0.800. The highest BCUT2D eigenvalue weighted by atomic mass is 32.2. The van der Waals surface area contributed by atoms with Gasteiger partial charge in [-0.05, 0) is 0 Å². The Morgan fingerprint density at radius 2 is 1.88 bits per heavy atom. The highest BCUT2D eigenvalue weighted by molar-refractivity contribution is 7.99. The van der Waals surface area contributed by atoms with Crippen LogP contribution in [0.1, 0.15) is 6.42 Å². The van der Waals surface area contributed by atoms with E-state index in [9.17, 15) is 9.59 Å². The summed E-state index contributed by atoms with van der Waals surface area (Å²) in [6.45, 7) is 4.43. The van der Waals surface area contributed by atoms with E-state index in [1.54, 1.807) is 4.90 Å². The molecule has 2 saturated heterocycles. The summed E-state index contributed by atoms with van der Waals surface area (Å²) in [6.07, 6.45) is 0.432. The highest BCUT2D eigenvalue weighted by Crippen LogP contribution is 2.09. The van der Waals surface area contributed by atoms with Crippen molar-refractivity contribution in [1.82, 2.24) is 15.1 Å². The van der Waals surface area contributed by atoms with Gasteiger partial charge < -0.3 is 4.90 Å². The third-order valence-corrected chi connectivity index (χ3v) is 3.87. The van der Waals surface area contributed by atoms with Crippen molar-refractivity contribution in [3.05, 3.63) is 0 Å². The van der Waals surface area contributed by atoms with Crippen molar-refractivity contribution in [2.45, 2.75) is 6.42 Å². The molecule has 0 aromatic rings. The number of nitrogens with one attached hydrogen (secondary N) is 1. The zero-order chi connectivity index (χ0) is 11.4. The molecule has 90 valence electrons. The van der Waals surface area contributed by atoms with E-state index in [1.165, 1.54) is 11.5 Å². The Morgan fingerprint density at radius 3 is 2.56 bits per heavy atom. The number of thioether (sulfide) groups is 1. The van der Waals surface area contributed by atoms with Gasteiger partial charge in [-0.2, -0.15) is 11.8 Å². The molecule has 0 aromatic carbocycles. The van der Waals surface area contributed by atoms with E-state index >= 15 is 0 Å². The molecule has 2 fully saturated rings. The summed E-state index contributed by atoms with van der Waals surface area (Å²) in [7, 11) is 0. The van der Waals surface area contributed by atoms with Gasteiger partial charge >= 0.3 is 6.03 Å². The monoisotopic (exact) mass is 243 g/mol. The second kappa shape index (κ2) is 5.54. The third kappa shape index (κ3) is 3.12. The molecular formula is C10H17N3O2S. The van der Waals surface area contributed by atoms with Crippen molar-refractivity contribution in [2.75, 3.05) is 44.2 Å². The van der Waals surface area contributed by atoms with Crippen molar-refractivity contribution >= 4 is 23.7 Å². The fourth-order valence-electron chi connectivity index (χ4n) is 1.90. The number of carbonyl (C=O) groups excluding carboxylic acids is 2. The third-order valence-electron chi connectivity index (χ3n) is 2.93. The van der Waals surface area contributed by atoms with E-state index < -0.39 is 0 Å². The van der Waals surface area contributed by atoms with Gasteiger partial charge in [-0.1, -0.05) is 0 Å². The summed E-state index contributed by atoms with van der Waals surface area (Å²) in [4.78, 5) is 26.5. The molecule has 0 spiro atoms. The first-order valence-corrected chi connectivity index (χ1v) is 6.80. The van der Waals surface area contributed by atoms with Gasteiger partial charge in [0.25, 0.3) is 0 Å². The van der Waals surface area contributed by atoms with Gasteiger partial charge in [-0.3, -0.25) is 15.0 Å². The number of amides is 3. The minimum atomic E-state index is -0.234. The van der Waals surface area contributed by atoms with Crippen LogP contribution in [0.15, 0.2) is 0 Å². The lowest BCUT2D eigenvalue weighted by Crippen LogP contribution is -2.51. The molecule has 2 aliphatic rings. The van der Waals surface area contributed by atoms with Crippen molar-refractivity contribution in [3.8, 4) is 0 Å². The molecule has 0 radical (unpaired) electrons. The molecular weight excluding hydrogens is 226 g/mol. The summed E-state index contributed by atoms with van der Waals surface area (Å²) in [6, 6.07) is -0.234. The van der Waals surface area contributed by atoms with Crippen LogP contribution < -0.4 is 5.32 Å². The Bertz CT molecular complexity index is 279. The molecule has 6 heteroatoms. The molecule has 5 nitrogen and oxygen atoms in total. The van der Waals surface area contributed by atoms with Gasteiger partial charge in [0.15, 0.2) is 0 Å². The first kappa shape index (κ1) is 11.7. The zero-order valence-corrected chi connectivity index (χ0v) is 10.1. The van der Waals surface area contributed by atoms with Gasteiger partial charge in [-0.25, -0.2) is 4.79 Å². The van der Waals surface area contributed by atoms with Gasteiger partial charge in [0.1, 0.15) is 0 Å². The summed E-state index contributed by atoms with van der Waals surface area (Å²) < 4.78 is 0. The van der Waals surface area contributed by atoms with E-state index in [2.05, 4.69) is 10.2 Å². The van der Waals surface area contributed by atoms with Gasteiger partial charge in [0, 0.05) is 50.7 Å². The number of imide groups is 1. The largest absolute Gasteiger partial charge is 0.324 e. The standard InChI is InChI=1S/C10H17N3O2S/c14-9-1-2-13(10(15)11-9)4-3-12-5-7-16-8-6-12/h1-8H2,(H,11,14,15). The van der Waals surface area contributed by atoms with E-state index in [-0.39, 0.29) is 11.9 Å². The molecule has 0 bridgehead atoms.